The van der Waals surface area contributed by atoms with Gasteiger partial charge in [0.25, 0.3) is 0 Å². The van der Waals surface area contributed by atoms with Crippen LogP contribution < -0.4 is 0 Å². The second-order valence-corrected chi connectivity index (χ2v) is 5.37. The van der Waals surface area contributed by atoms with Crippen molar-refractivity contribution in [2.24, 2.45) is 5.92 Å². The number of carboxylic acids is 1. The predicted octanol–water partition coefficient (Wildman–Crippen LogP) is 1.54. The average molecular weight is 397 g/mol. The fourth-order valence-corrected chi connectivity index (χ4v) is 2.14. The van der Waals surface area contributed by atoms with E-state index in [1.54, 1.807) is 13.1 Å². The van der Waals surface area contributed by atoms with E-state index in [-0.39, 0.29) is 44.8 Å². The number of hydrogen-bond donors (Lipinski definition) is 1. The Morgan fingerprint density at radius 1 is 1.35 bits per heavy atom. The fourth-order valence-electron chi connectivity index (χ4n) is 2.14. The van der Waals surface area contributed by atoms with Gasteiger partial charge in [-0.15, -0.1) is 0 Å². The number of nitrogens with zero attached hydrogens (tertiary/aromatic N) is 3. The molecule has 127 valence electrons. The van der Waals surface area contributed by atoms with Gasteiger partial charge in [-0.1, -0.05) is 25.0 Å². The molecular weight excluding hydrogens is 371 g/mol. The molecule has 0 saturated carbocycles. The molecule has 1 rings (SSSR count). The summed E-state index contributed by atoms with van der Waals surface area (Å²) < 4.78 is 0. The first kappa shape index (κ1) is 24.5. The Labute approximate surface area is 164 Å². The summed E-state index contributed by atoms with van der Waals surface area (Å²) in [6.07, 6.45) is 3.58. The Bertz CT molecular complexity index is 427. The van der Waals surface area contributed by atoms with E-state index in [0.717, 1.165) is 19.0 Å². The van der Waals surface area contributed by atoms with Crippen LogP contribution in [0.3, 0.4) is 0 Å². The van der Waals surface area contributed by atoms with Crippen LogP contribution in [0.5, 0.6) is 0 Å². The zero-order valence-corrected chi connectivity index (χ0v) is 17.1. The summed E-state index contributed by atoms with van der Waals surface area (Å²) >= 11 is 0. The number of carbonyl (C=O) groups is 2. The van der Waals surface area contributed by atoms with Gasteiger partial charge >= 0.3 is 5.97 Å². The summed E-state index contributed by atoms with van der Waals surface area (Å²) in [5.41, 5.74) is -0.260. The van der Waals surface area contributed by atoms with Gasteiger partial charge < -0.3 is 14.8 Å². The second kappa shape index (κ2) is 13.7. The van der Waals surface area contributed by atoms with Crippen molar-refractivity contribution >= 4 is 11.9 Å². The van der Waals surface area contributed by atoms with Crippen molar-refractivity contribution in [3.8, 4) is 6.07 Å². The van der Waals surface area contributed by atoms with Crippen LogP contribution in [-0.2, 0) is 42.3 Å². The molecule has 0 aromatic rings. The van der Waals surface area contributed by atoms with Crippen LogP contribution in [0.4, 0.5) is 0 Å². The average Bonchev–Trinajstić information content (AvgIpc) is 2.53. The molecule has 1 radical (unpaired) electrons. The topological polar surface area (TPSA) is 84.6 Å². The Hall–Kier alpha value is -0.766. The third-order valence-corrected chi connectivity index (χ3v) is 3.82. The zero-order valence-electron chi connectivity index (χ0n) is 14.3. The molecule has 1 fully saturated rings. The zero-order chi connectivity index (χ0) is 17.1. The maximum atomic E-state index is 10.8. The van der Waals surface area contributed by atoms with E-state index in [9.17, 15) is 9.59 Å². The molecule has 1 aliphatic heterocycles. The van der Waals surface area contributed by atoms with Crippen LogP contribution in [0.2, 0.25) is 0 Å². The summed E-state index contributed by atoms with van der Waals surface area (Å²) in [7, 11) is 1.59. The van der Waals surface area contributed by atoms with Gasteiger partial charge in [-0.2, -0.15) is 0 Å². The SMILES string of the molecule is CCC1CCN(CC(=O)O)CC1.[CH-]=C(C#N)C(=O)N(C)CC.[Y]. The minimum absolute atomic E-state index is 0. The van der Waals surface area contributed by atoms with Crippen LogP contribution in [0, 0.1) is 23.8 Å². The smallest absolute Gasteiger partial charge is 0.317 e. The summed E-state index contributed by atoms with van der Waals surface area (Å²) in [6.45, 7) is 11.8. The van der Waals surface area contributed by atoms with Crippen LogP contribution in [0.15, 0.2) is 5.57 Å². The van der Waals surface area contributed by atoms with E-state index < -0.39 is 11.9 Å². The second-order valence-electron chi connectivity index (χ2n) is 5.37. The number of hydrogen-bond acceptors (Lipinski definition) is 4. The van der Waals surface area contributed by atoms with E-state index in [1.165, 1.54) is 24.2 Å². The van der Waals surface area contributed by atoms with Crippen LogP contribution in [-0.4, -0.2) is 60.0 Å². The quantitative estimate of drug-likeness (QED) is 0.432. The number of amides is 1. The number of likely N-dealkylation sites (tertiary alicyclic amines) is 1. The molecule has 0 aromatic heterocycles. The first-order chi connectivity index (χ1) is 10.3. The molecule has 0 aliphatic carbocycles. The number of likely N-dealkylation sites (N-methyl/N-ethyl adjacent to an activating group) is 1. The molecule has 1 aliphatic rings. The molecule has 0 bridgehead atoms. The number of carboxylic acid groups (broad SMARTS) is 1. The molecule has 1 saturated heterocycles. The van der Waals surface area contributed by atoms with Gasteiger partial charge in [-0.3, -0.25) is 15.0 Å². The van der Waals surface area contributed by atoms with Crippen molar-refractivity contribution in [2.75, 3.05) is 33.2 Å². The molecule has 0 unspecified atom stereocenters. The summed E-state index contributed by atoms with van der Waals surface area (Å²) in [4.78, 5) is 24.6. The molecule has 1 heterocycles. The third kappa shape index (κ3) is 10.6. The Kier molecular flexibility index (Phi) is 14.5. The van der Waals surface area contributed by atoms with Gasteiger partial charge in [0.2, 0.25) is 0 Å². The van der Waals surface area contributed by atoms with Crippen LogP contribution in [0.1, 0.15) is 33.1 Å². The molecule has 1 amide bonds. The minimum Gasteiger partial charge on any atom is -0.480 e. The Morgan fingerprint density at radius 2 is 1.87 bits per heavy atom. The number of nitriles is 1. The van der Waals surface area contributed by atoms with E-state index in [1.807, 2.05) is 11.8 Å². The Balaban J connectivity index is 0. The van der Waals surface area contributed by atoms with Gasteiger partial charge in [-0.25, -0.2) is 6.58 Å². The predicted molar refractivity (Wildman–Crippen MR) is 83.8 cm³/mol. The molecule has 23 heavy (non-hydrogen) atoms. The normalized spacial score (nSPS) is 14.5. The largest absolute Gasteiger partial charge is 0.480 e. The minimum atomic E-state index is -0.704. The van der Waals surface area contributed by atoms with E-state index in [2.05, 4.69) is 6.92 Å². The summed E-state index contributed by atoms with van der Waals surface area (Å²) in [5, 5.41) is 16.7. The maximum absolute atomic E-state index is 10.8. The number of piperidine rings is 1. The van der Waals surface area contributed by atoms with Crippen molar-refractivity contribution < 1.29 is 47.4 Å². The molecule has 0 spiro atoms. The standard InChI is InChI=1S/C9H17NO2.C7H9N2O.Y/c1-2-8-3-5-10(6-4-8)7-9(11)12;1-4-9(3)7(10)6(2)5-8;/h8H,2-7H2,1H3,(H,11,12);2H,4H2,1,3H3;/q;-1;. The molecular formula is C16H26N3O3Y-. The third-order valence-electron chi connectivity index (χ3n) is 3.82. The number of carbonyl (C=O) groups excluding carboxylic acids is 1. The van der Waals surface area contributed by atoms with Crippen LogP contribution >= 0.6 is 0 Å². The van der Waals surface area contributed by atoms with Gasteiger partial charge in [0.1, 0.15) is 5.91 Å². The van der Waals surface area contributed by atoms with E-state index >= 15 is 0 Å². The maximum Gasteiger partial charge on any atom is 0.317 e. The molecule has 0 aromatic carbocycles. The van der Waals surface area contributed by atoms with E-state index in [0.29, 0.717) is 6.54 Å². The van der Waals surface area contributed by atoms with Gasteiger partial charge in [-0.05, 0) is 45.8 Å². The molecule has 1 N–H and O–H groups in total. The molecule has 0 atom stereocenters. The van der Waals surface area contributed by atoms with Crippen molar-refractivity contribution in [2.45, 2.75) is 33.1 Å². The first-order valence-electron chi connectivity index (χ1n) is 7.57. The summed E-state index contributed by atoms with van der Waals surface area (Å²) in [5.74, 6) is -0.287. The van der Waals surface area contributed by atoms with Crippen molar-refractivity contribution in [3.63, 3.8) is 0 Å². The fraction of sp³-hybridized carbons (Fsp3) is 0.688. The van der Waals surface area contributed by atoms with Crippen LogP contribution in [0.25, 0.3) is 0 Å². The Morgan fingerprint density at radius 3 is 2.22 bits per heavy atom. The van der Waals surface area contributed by atoms with Gasteiger partial charge in [0.15, 0.2) is 0 Å². The monoisotopic (exact) mass is 397 g/mol. The summed E-state index contributed by atoms with van der Waals surface area (Å²) in [6, 6.07) is 1.58. The molecule has 6 nitrogen and oxygen atoms in total. The first-order valence-corrected chi connectivity index (χ1v) is 7.57. The number of rotatable bonds is 5. The van der Waals surface area contributed by atoms with Crippen molar-refractivity contribution in [1.29, 1.82) is 5.26 Å². The van der Waals surface area contributed by atoms with Crippen molar-refractivity contribution in [1.82, 2.24) is 9.80 Å². The van der Waals surface area contributed by atoms with Gasteiger partial charge in [0.05, 0.1) is 6.54 Å². The van der Waals surface area contributed by atoms with Gasteiger partial charge in [0, 0.05) is 39.3 Å². The van der Waals surface area contributed by atoms with E-state index in [4.69, 9.17) is 16.9 Å². The van der Waals surface area contributed by atoms with Crippen molar-refractivity contribution in [3.05, 3.63) is 12.2 Å². The number of aliphatic carboxylic acids is 1. The molecule has 7 heteroatoms.